The fraction of sp³-hybridized carbons (Fsp3) is 0.333. The van der Waals surface area contributed by atoms with Crippen LogP contribution in [-0.4, -0.2) is 253 Å². The smallest absolute Gasteiger partial charge is 0.261 e. The van der Waals surface area contributed by atoms with Gasteiger partial charge in [-0.25, -0.2) is 0 Å². The van der Waals surface area contributed by atoms with Crippen LogP contribution in [0.25, 0.3) is 86.2 Å². The van der Waals surface area contributed by atoms with Gasteiger partial charge in [0.2, 0.25) is 0 Å². The van der Waals surface area contributed by atoms with Crippen molar-refractivity contribution in [3.05, 3.63) is 271 Å². The van der Waals surface area contributed by atoms with Crippen molar-refractivity contribution in [1.29, 1.82) is 0 Å². The maximum Gasteiger partial charge on any atom is 0.261 e. The fourth-order valence-electron chi connectivity index (χ4n) is 22.8. The number of nitrogens with zero attached hydrogens (tertiary/aromatic N) is 4. The number of halogens is 1. The van der Waals surface area contributed by atoms with Gasteiger partial charge in [-0.3, -0.25) is 29.0 Å². The van der Waals surface area contributed by atoms with Crippen molar-refractivity contribution in [2.45, 2.75) is 220 Å². The second kappa shape index (κ2) is 49.0. The molecule has 0 unspecified atom stereocenters. The molecule has 142 heavy (non-hydrogen) atoms. The molecule has 0 saturated heterocycles. The zero-order valence-electron chi connectivity index (χ0n) is 83.7. The van der Waals surface area contributed by atoms with Crippen LogP contribution in [-0.2, 0) is 26.2 Å². The van der Waals surface area contributed by atoms with E-state index in [-0.39, 0.29) is 73.4 Å². The fourth-order valence-corrected chi connectivity index (χ4v) is 58.9. The number of benzene rings is 14. The summed E-state index contributed by atoms with van der Waals surface area (Å²) in [6.45, 7) is 19.3. The van der Waals surface area contributed by atoms with Crippen LogP contribution < -0.4 is 7.16 Å². The minimum absolute atomic E-state index is 0.178. The second-order valence-corrected chi connectivity index (χ2v) is 69.6. The Morgan fingerprint density at radius 3 is 0.725 bits per heavy atom. The van der Waals surface area contributed by atoms with Crippen LogP contribution in [0, 0.1) is 0 Å². The molecule has 0 aromatic heterocycles. The molecule has 5 heterocycles. The van der Waals surface area contributed by atoms with Gasteiger partial charge in [-0.05, 0) is 56.9 Å². The van der Waals surface area contributed by atoms with E-state index >= 15 is 0 Å². The first-order valence-electron chi connectivity index (χ1n) is 51.6. The van der Waals surface area contributed by atoms with Crippen LogP contribution in [0.5, 0.6) is 0 Å². The molecule has 5 aliphatic heterocycles. The molecule has 686 valence electrons. The van der Waals surface area contributed by atoms with E-state index in [4.69, 9.17) is 77.4 Å². The number of hydrogen-bond acceptors (Lipinski definition) is 8. The van der Waals surface area contributed by atoms with Gasteiger partial charge < -0.3 is 0 Å². The first kappa shape index (κ1) is 108. The van der Waals surface area contributed by atoms with Gasteiger partial charge in [-0.15, -0.1) is 0 Å². The van der Waals surface area contributed by atoms with Gasteiger partial charge in [0.05, 0.1) is 13.1 Å². The minimum atomic E-state index is -3.70. The number of rotatable bonds is 39. The van der Waals surface area contributed by atoms with Crippen molar-refractivity contribution in [2.75, 3.05) is 0 Å². The zero-order chi connectivity index (χ0) is 101. The molecule has 12 nitrogen and oxygen atoms in total. The average molecular weight is 2230 g/mol. The largest absolute Gasteiger partial charge is 0.270 e. The van der Waals surface area contributed by atoms with E-state index in [9.17, 15) is 38.4 Å². The van der Waals surface area contributed by atoms with E-state index in [1.54, 1.807) is 50.9 Å². The summed E-state index contributed by atoms with van der Waals surface area (Å²) in [5.74, 6) is -2.35. The summed E-state index contributed by atoms with van der Waals surface area (Å²) in [5.41, 5.74) is 7.81. The van der Waals surface area contributed by atoms with Crippen LogP contribution in [0.15, 0.2) is 205 Å². The van der Waals surface area contributed by atoms with Gasteiger partial charge >= 0.3 is 498 Å². The number of carbonyl (C=O) groups excluding carboxylic acids is 8. The van der Waals surface area contributed by atoms with E-state index < -0.39 is 109 Å². The summed E-state index contributed by atoms with van der Waals surface area (Å²) in [7, 11) is 56.7. The summed E-state index contributed by atoms with van der Waals surface area (Å²) >= 11 is -1.61. The summed E-state index contributed by atoms with van der Waals surface area (Å²) in [6, 6.07) is 63.6. The Bertz CT molecular complexity index is 6680. The van der Waals surface area contributed by atoms with Gasteiger partial charge in [0, 0.05) is 177 Å². The molecule has 19 rings (SSSR count). The summed E-state index contributed by atoms with van der Waals surface area (Å²) in [4.78, 5) is 119. The van der Waals surface area contributed by atoms with Gasteiger partial charge in [0.25, 0.3) is 23.6 Å². The predicted octanol–water partition coefficient (Wildman–Crippen LogP) is 19.8. The molecular weight excluding hydrogens is 2110 g/mol. The van der Waals surface area contributed by atoms with Crippen molar-refractivity contribution in [1.82, 2.24) is 19.6 Å². The molecule has 5 aliphatic rings. The Morgan fingerprint density at radius 2 is 0.472 bits per heavy atom. The second-order valence-electron chi connectivity index (χ2n) is 39.5. The van der Waals surface area contributed by atoms with E-state index in [1.165, 1.54) is 115 Å². The third kappa shape index (κ3) is 21.8. The van der Waals surface area contributed by atoms with E-state index in [0.717, 1.165) is 121 Å². The first-order chi connectivity index (χ1) is 68.6. The quantitative estimate of drug-likeness (QED) is 0.0160. The Labute approximate surface area is 883 Å². The normalized spacial score (nSPS) is 13.7. The molecule has 14 aromatic rings. The van der Waals surface area contributed by atoms with Gasteiger partial charge in [-0.2, -0.15) is 0 Å². The minimum Gasteiger partial charge on any atom is -0.270 e. The van der Waals surface area contributed by atoms with Crippen LogP contribution in [0.4, 0.5) is 0 Å². The Kier molecular flexibility index (Phi) is 37.4. The van der Waals surface area contributed by atoms with E-state index in [0.29, 0.717) is 59.8 Å². The third-order valence-electron chi connectivity index (χ3n) is 30.0. The Hall–Kier alpha value is -7.72. The maximum absolute atomic E-state index is 14.7. The molecular formula is C108H113B18BrN4O8Sn3. The van der Waals surface area contributed by atoms with Gasteiger partial charge in [0.15, 0.2) is 0 Å². The summed E-state index contributed by atoms with van der Waals surface area (Å²) in [5, 5.41) is 14.1. The number of amides is 8. The topological polar surface area (TPSA) is 150 Å². The number of unbranched alkanes of at least 4 members (excludes halogenated alkanes) is 8. The van der Waals surface area contributed by atoms with Crippen LogP contribution in [0.3, 0.4) is 0 Å². The van der Waals surface area contributed by atoms with Gasteiger partial charge in [-0.1, -0.05) is 94.8 Å². The van der Waals surface area contributed by atoms with Crippen molar-refractivity contribution >= 4 is 343 Å². The molecule has 8 amide bonds. The molecule has 0 bridgehead atoms. The van der Waals surface area contributed by atoms with Crippen molar-refractivity contribution < 1.29 is 38.4 Å². The first-order valence-corrected chi connectivity index (χ1v) is 71.4. The number of hydrogen-bond donors (Lipinski definition) is 0. The number of imide groups is 4. The maximum atomic E-state index is 14.7. The van der Waals surface area contributed by atoms with Crippen molar-refractivity contribution in [3.63, 3.8) is 0 Å². The Morgan fingerprint density at radius 1 is 0.246 bits per heavy atom. The summed E-state index contributed by atoms with van der Waals surface area (Å²) < 4.78 is 15.6. The van der Waals surface area contributed by atoms with E-state index in [2.05, 4.69) is 83.5 Å². The SMILES string of the molecule is CCC[CH2][Sn]([CH2]CCC)[CH2]CCC.CCC[CH2][Sn]([CH2]CCC)[CH2]CCC.CCC[CH2][Sn]1([CH2]CCC)[c]2cc3c4c(ccc5c6ccc7c8c(c[c]1c(c2c45)c86)C(=O)N(Cc1ccccc1)C7=O)C(=O)N(Cc1ccccc1)C3=O.O=C1c2ccc3c4ccc5c6c(cc(Br)c(c7ccc(c2c37)C(=O)N1Cc1ccccc1)c64)C(=O)N(Cc1ccccc1)C5=O.[B]B([B])B(B([B])[B])B(B([B])[B])B(B([B])[B])B([B])[B]. The molecule has 0 spiro atoms. The van der Waals surface area contributed by atoms with Crippen LogP contribution in [0.1, 0.15) is 263 Å². The molecule has 0 N–H and O–H groups in total. The van der Waals surface area contributed by atoms with Gasteiger partial charge in [0.1, 0.15) is 0 Å². The predicted molar refractivity (Wildman–Crippen MR) is 623 cm³/mol. The molecule has 22 radical (unpaired) electrons. The number of carbonyl (C=O) groups is 8. The molecule has 0 saturated carbocycles. The Balaban J connectivity index is 0.000000153. The van der Waals surface area contributed by atoms with Crippen LogP contribution >= 0.6 is 15.9 Å². The molecule has 0 atom stereocenters. The molecule has 0 aliphatic carbocycles. The third-order valence-corrected chi connectivity index (χ3v) is 63.8. The average Bonchev–Trinajstić information content (AvgIpc) is 1.39. The van der Waals surface area contributed by atoms with E-state index in [1.807, 2.05) is 164 Å². The molecule has 0 fully saturated rings. The zero-order valence-corrected chi connectivity index (χ0v) is 93.8. The monoisotopic (exact) mass is 2230 g/mol. The molecule has 34 heteroatoms. The number of fused-ring (bicyclic) bond motifs is 3. The molecule has 14 aromatic carbocycles. The standard InChI is InChI=1S/C38H21BrN2O4.C38H20N2O4.8C4H9.B18.3Sn/c39-29-17-28-32-27(37(44)41(38(28)45)19-21-9-5-2-6-10-21)15-12-23-22-11-14-25-31-26(16-13-24(30(22)31)33(29)34(23)32)36(43)40(35(25)42)18-20-7-3-1-4-8-20;41-35-27-15-11-23-25-13-17-29-34-30(38(44)40(37(29)43)20-22-9-5-2-6-10-22)18-14-26(32(25)34)24-12-16-28(33(27)31(23)24)36(42)39(35)19-21-7-3-1-4-8-21;8*1-3-4-2;1-11(2)16(12(3)4)18(15(9)10)17(13(5)6)14(7)8;;;/h1-17H,18-19H2;1-11,13,15-18H,19-20H2;8*1,3-4H2,2H3;;;;. The van der Waals surface area contributed by atoms with Crippen LogP contribution in [0.2, 0.25) is 35.5 Å². The summed E-state index contributed by atoms with van der Waals surface area (Å²) in [6.07, 6.45) is 15.9. The van der Waals surface area contributed by atoms with Crippen molar-refractivity contribution in [3.8, 4) is 0 Å². The van der Waals surface area contributed by atoms with Crippen molar-refractivity contribution in [2.24, 2.45) is 0 Å².